The Morgan fingerprint density at radius 1 is 0.857 bits per heavy atom. The summed E-state index contributed by atoms with van der Waals surface area (Å²) in [5, 5.41) is 0. The number of ether oxygens (including phenoxy) is 2. The smallest absolute Gasteiger partial charge is 0.138 e. The zero-order chi connectivity index (χ0) is 15.2. The molecule has 2 aromatic rings. The topological polar surface area (TPSA) is 35.5 Å². The summed E-state index contributed by atoms with van der Waals surface area (Å²) >= 11 is 1.43. The molecule has 5 heteroatoms. The minimum atomic E-state index is -1.83. The Kier molecular flexibility index (Phi) is 5.77. The quantitative estimate of drug-likeness (QED) is 0.726. The molecule has 2 rings (SSSR count). The molecule has 0 radical (unpaired) electrons. The highest BCUT2D eigenvalue weighted by Crippen LogP contribution is 2.53. The van der Waals surface area contributed by atoms with Crippen LogP contribution in [0.15, 0.2) is 48.5 Å². The lowest BCUT2D eigenvalue weighted by Crippen LogP contribution is -1.96. The summed E-state index contributed by atoms with van der Waals surface area (Å²) in [6.07, 6.45) is 1.89. The van der Waals surface area contributed by atoms with Gasteiger partial charge in [-0.15, -0.1) is 11.4 Å². The van der Waals surface area contributed by atoms with E-state index in [1.807, 2.05) is 54.8 Å². The van der Waals surface area contributed by atoms with Crippen LogP contribution >= 0.6 is 18.4 Å². The van der Waals surface area contributed by atoms with Crippen molar-refractivity contribution in [3.8, 4) is 11.5 Å². The Bertz CT molecular complexity index is 548. The third-order valence-electron chi connectivity index (χ3n) is 3.34. The molecule has 2 aromatic carbocycles. The van der Waals surface area contributed by atoms with E-state index in [2.05, 4.69) is 0 Å². The molecule has 0 spiro atoms. The Balaban J connectivity index is 2.38. The predicted molar refractivity (Wildman–Crippen MR) is 90.3 cm³/mol. The van der Waals surface area contributed by atoms with E-state index in [0.717, 1.165) is 22.6 Å². The maximum Gasteiger partial charge on any atom is 0.138 e. The molecular weight excluding hydrogens is 303 g/mol. The molecule has 1 atom stereocenters. The number of rotatable bonds is 6. The molecule has 0 heterocycles. The molecule has 0 saturated heterocycles. The second-order valence-corrected chi connectivity index (χ2v) is 8.56. The van der Waals surface area contributed by atoms with Gasteiger partial charge in [-0.3, -0.25) is 0 Å². The zero-order valence-corrected chi connectivity index (χ0v) is 14.1. The number of methoxy groups -OCH3 is 2. The van der Waals surface area contributed by atoms with Crippen molar-refractivity contribution in [1.82, 2.24) is 0 Å². The minimum absolute atomic E-state index is 0.0955. The van der Waals surface area contributed by atoms with Crippen molar-refractivity contribution in [1.29, 1.82) is 0 Å². The van der Waals surface area contributed by atoms with Crippen molar-refractivity contribution >= 4 is 18.4 Å². The fraction of sp³-hybridized carbons (Fsp3) is 0.250. The first-order valence-corrected chi connectivity index (χ1v) is 9.99. The molecule has 1 unspecified atom stereocenters. The molecule has 21 heavy (non-hydrogen) atoms. The molecule has 0 bridgehead atoms. The van der Waals surface area contributed by atoms with E-state index in [1.54, 1.807) is 14.2 Å². The first kappa shape index (κ1) is 16.0. The molecule has 0 saturated carbocycles. The third kappa shape index (κ3) is 3.84. The summed E-state index contributed by atoms with van der Waals surface area (Å²) in [7, 11) is 1.45. The summed E-state index contributed by atoms with van der Waals surface area (Å²) in [6, 6.07) is 15.5. The summed E-state index contributed by atoms with van der Waals surface area (Å²) in [4.78, 5) is 0. The van der Waals surface area contributed by atoms with Gasteiger partial charge in [-0.05, 0) is 41.6 Å². The first-order valence-electron chi connectivity index (χ1n) is 6.55. The van der Waals surface area contributed by atoms with E-state index >= 15 is 0 Å². The van der Waals surface area contributed by atoms with Gasteiger partial charge in [-0.25, -0.2) is 0 Å². The largest absolute Gasteiger partial charge is 0.497 e. The van der Waals surface area contributed by atoms with Crippen LogP contribution in [0.4, 0.5) is 0 Å². The van der Waals surface area contributed by atoms with Gasteiger partial charge >= 0.3 is 0 Å². The van der Waals surface area contributed by atoms with Crippen LogP contribution in [0.3, 0.4) is 0 Å². The average molecular weight is 322 g/mol. The SMILES string of the molecule is COc1ccc(C(c2ccc(OC)cc2)[PH](=O)SC)cc1. The fourth-order valence-electron chi connectivity index (χ4n) is 2.18. The van der Waals surface area contributed by atoms with Gasteiger partial charge in [-0.2, -0.15) is 0 Å². The Morgan fingerprint density at radius 3 is 1.52 bits per heavy atom. The molecule has 3 nitrogen and oxygen atoms in total. The van der Waals surface area contributed by atoms with Crippen molar-refractivity contribution in [2.75, 3.05) is 20.5 Å². The minimum Gasteiger partial charge on any atom is -0.497 e. The molecule has 0 aliphatic heterocycles. The van der Waals surface area contributed by atoms with Crippen LogP contribution in [0.2, 0.25) is 0 Å². The van der Waals surface area contributed by atoms with Crippen LogP contribution in [-0.4, -0.2) is 20.5 Å². The molecule has 0 aromatic heterocycles. The summed E-state index contributed by atoms with van der Waals surface area (Å²) in [5.74, 6) is 1.60. The van der Waals surface area contributed by atoms with Crippen molar-refractivity contribution in [3.63, 3.8) is 0 Å². The molecule has 0 aliphatic rings. The number of hydrogen-bond acceptors (Lipinski definition) is 4. The van der Waals surface area contributed by atoms with Crippen LogP contribution in [0, 0.1) is 0 Å². The lowest BCUT2D eigenvalue weighted by Gasteiger charge is -2.17. The van der Waals surface area contributed by atoms with E-state index in [1.165, 1.54) is 11.4 Å². The number of hydrogen-bond donors (Lipinski definition) is 0. The molecule has 0 fully saturated rings. The molecule has 0 aliphatic carbocycles. The molecule has 0 amide bonds. The monoisotopic (exact) mass is 322 g/mol. The van der Waals surface area contributed by atoms with Crippen LogP contribution in [-0.2, 0) is 4.57 Å². The Hall–Kier alpha value is -1.38. The van der Waals surface area contributed by atoms with Crippen LogP contribution in [0.1, 0.15) is 16.8 Å². The van der Waals surface area contributed by atoms with Crippen molar-refractivity contribution < 1.29 is 14.0 Å². The van der Waals surface area contributed by atoms with Gasteiger partial charge in [0.05, 0.1) is 19.9 Å². The van der Waals surface area contributed by atoms with E-state index in [9.17, 15) is 4.57 Å². The Labute approximate surface area is 130 Å². The van der Waals surface area contributed by atoms with Gasteiger partial charge in [0.15, 0.2) is 0 Å². The lowest BCUT2D eigenvalue weighted by molar-refractivity contribution is 0.414. The third-order valence-corrected chi connectivity index (χ3v) is 6.79. The lowest BCUT2D eigenvalue weighted by atomic mass is 10.0. The molecular formula is C16H19O3PS. The van der Waals surface area contributed by atoms with E-state index in [0.29, 0.717) is 0 Å². The first-order chi connectivity index (χ1) is 10.2. The summed E-state index contributed by atoms with van der Waals surface area (Å²) in [6.45, 7) is 0. The highest BCUT2D eigenvalue weighted by atomic mass is 32.7. The number of benzene rings is 2. The fourth-order valence-corrected chi connectivity index (χ4v) is 4.86. The normalized spacial score (nSPS) is 12.2. The maximum absolute atomic E-state index is 12.5. The second kappa shape index (κ2) is 7.58. The Morgan fingerprint density at radius 2 is 1.24 bits per heavy atom. The van der Waals surface area contributed by atoms with Gasteiger partial charge in [0.1, 0.15) is 18.5 Å². The maximum atomic E-state index is 12.5. The van der Waals surface area contributed by atoms with Crippen molar-refractivity contribution in [2.45, 2.75) is 5.66 Å². The highest BCUT2D eigenvalue weighted by molar-refractivity contribution is 8.51. The van der Waals surface area contributed by atoms with Crippen molar-refractivity contribution in [3.05, 3.63) is 59.7 Å². The highest BCUT2D eigenvalue weighted by Gasteiger charge is 2.20. The second-order valence-electron chi connectivity index (χ2n) is 4.50. The van der Waals surface area contributed by atoms with Gasteiger partial charge in [0.25, 0.3) is 0 Å². The van der Waals surface area contributed by atoms with Gasteiger partial charge in [-0.1, -0.05) is 24.3 Å². The van der Waals surface area contributed by atoms with Gasteiger partial charge < -0.3 is 14.0 Å². The molecule has 112 valence electrons. The average Bonchev–Trinajstić information content (AvgIpc) is 2.56. The van der Waals surface area contributed by atoms with E-state index in [4.69, 9.17) is 9.47 Å². The van der Waals surface area contributed by atoms with Crippen LogP contribution in [0.5, 0.6) is 11.5 Å². The zero-order valence-electron chi connectivity index (χ0n) is 12.3. The van der Waals surface area contributed by atoms with Gasteiger partial charge in [0, 0.05) is 0 Å². The van der Waals surface area contributed by atoms with Crippen molar-refractivity contribution in [2.24, 2.45) is 0 Å². The summed E-state index contributed by atoms with van der Waals surface area (Å²) in [5.41, 5.74) is 1.99. The van der Waals surface area contributed by atoms with E-state index in [-0.39, 0.29) is 5.66 Å². The molecule has 0 N–H and O–H groups in total. The standard InChI is InChI=1S/C16H19O3PS/c1-18-14-8-4-12(5-9-14)16(20(17)21-3)13-6-10-15(19-2)11-7-13/h4-11,16,20H,1-3H3. The summed E-state index contributed by atoms with van der Waals surface area (Å²) < 4.78 is 22.9. The van der Waals surface area contributed by atoms with Gasteiger partial charge in [0.2, 0.25) is 0 Å². The van der Waals surface area contributed by atoms with Crippen LogP contribution < -0.4 is 9.47 Å². The van der Waals surface area contributed by atoms with Crippen LogP contribution in [0.25, 0.3) is 0 Å². The predicted octanol–water partition coefficient (Wildman–Crippen LogP) is 4.63. The van der Waals surface area contributed by atoms with E-state index < -0.39 is 7.00 Å².